The second-order valence-electron chi connectivity index (χ2n) is 19.7. The van der Waals surface area contributed by atoms with Crippen LogP contribution in [0.5, 0.6) is 0 Å². The number of carboxylic acids is 1. The maximum absolute atomic E-state index is 12.3. The Morgan fingerprint density at radius 3 is 1.03 bits per heavy atom. The van der Waals surface area contributed by atoms with Gasteiger partial charge in [-0.15, -0.1) is 0 Å². The summed E-state index contributed by atoms with van der Waals surface area (Å²) >= 11 is 9.85. The predicted octanol–water partition coefficient (Wildman–Crippen LogP) is 16.2. The van der Waals surface area contributed by atoms with Crippen molar-refractivity contribution >= 4 is 71.7 Å². The first-order valence-corrected chi connectivity index (χ1v) is 25.1. The van der Waals surface area contributed by atoms with E-state index in [1.807, 2.05) is 172 Å². The number of carboxylic acid groups (broad SMARTS) is 1. The summed E-state index contributed by atoms with van der Waals surface area (Å²) in [5.74, 6) is -1.78. The fourth-order valence-corrected chi connectivity index (χ4v) is 6.87. The zero-order valence-corrected chi connectivity index (χ0v) is 47.2. The lowest BCUT2D eigenvalue weighted by Gasteiger charge is -2.20. The van der Waals surface area contributed by atoms with Crippen LogP contribution in [0.2, 0.25) is 0 Å². The molecular weight excluding hydrogens is 1080 g/mol. The average molecular weight is 1150 g/mol. The van der Waals surface area contributed by atoms with E-state index < -0.39 is 28.4 Å². The van der Waals surface area contributed by atoms with Gasteiger partial charge in [0.15, 0.2) is 0 Å². The van der Waals surface area contributed by atoms with Crippen molar-refractivity contribution in [1.29, 1.82) is 0 Å². The van der Waals surface area contributed by atoms with Crippen LogP contribution in [0.1, 0.15) is 136 Å². The van der Waals surface area contributed by atoms with Gasteiger partial charge in [0.1, 0.15) is 16.8 Å². The van der Waals surface area contributed by atoms with Crippen molar-refractivity contribution in [2.24, 2.45) is 0 Å². The first kappa shape index (κ1) is 60.7. The number of esters is 3. The molecule has 0 radical (unpaired) electrons. The number of carbonyl (C=O) groups excluding carboxylic acids is 3. The van der Waals surface area contributed by atoms with Gasteiger partial charge >= 0.3 is 23.9 Å². The second-order valence-corrected chi connectivity index (χ2v) is 22.0. The number of aromatic carboxylic acids is 1. The lowest BCUT2D eigenvalue weighted by molar-refractivity contribution is 0.00565. The lowest BCUT2D eigenvalue weighted by Crippen LogP contribution is -2.24. The van der Waals surface area contributed by atoms with Gasteiger partial charge < -0.3 is 24.4 Å². The van der Waals surface area contributed by atoms with Crippen molar-refractivity contribution in [3.8, 4) is 22.3 Å². The van der Waals surface area contributed by atoms with E-state index in [1.54, 1.807) is 51.1 Å². The Morgan fingerprint density at radius 1 is 0.443 bits per heavy atom. The zero-order chi connectivity index (χ0) is 53.0. The van der Waals surface area contributed by atoms with Crippen LogP contribution in [0.25, 0.3) is 22.3 Å². The molecule has 9 nitrogen and oxygen atoms in total. The Labute approximate surface area is 440 Å². The van der Waals surface area contributed by atoms with E-state index in [2.05, 4.69) is 59.9 Å². The van der Waals surface area contributed by atoms with Crippen LogP contribution in [-0.2, 0) is 19.5 Å². The van der Waals surface area contributed by atoms with Gasteiger partial charge in [-0.25, -0.2) is 19.2 Å². The summed E-state index contributed by atoms with van der Waals surface area (Å²) in [5.41, 5.74) is 6.36. The van der Waals surface area contributed by atoms with Crippen molar-refractivity contribution in [2.45, 2.75) is 118 Å². The minimum atomic E-state index is -0.910. The number of rotatable bonds is 7. The third kappa shape index (κ3) is 23.9. The molecule has 0 bridgehead atoms. The van der Waals surface area contributed by atoms with Crippen molar-refractivity contribution in [3.05, 3.63) is 188 Å². The van der Waals surface area contributed by atoms with Gasteiger partial charge in [-0.3, -0.25) is 0 Å². The first-order chi connectivity index (χ1) is 32.4. The molecule has 0 fully saturated rings. The number of hydrogen-bond acceptors (Lipinski definition) is 8. The molecule has 0 aliphatic rings. The van der Waals surface area contributed by atoms with Crippen molar-refractivity contribution in [3.63, 3.8) is 0 Å². The van der Waals surface area contributed by atoms with Crippen molar-refractivity contribution in [1.82, 2.24) is 0 Å². The summed E-state index contributed by atoms with van der Waals surface area (Å²) in [6.07, 6.45) is 0. The third-order valence-electron chi connectivity index (χ3n) is 8.47. The van der Waals surface area contributed by atoms with Crippen molar-refractivity contribution in [2.75, 3.05) is 0 Å². The smallest absolute Gasteiger partial charge is 0.339 e. The molecule has 6 rings (SSSR count). The Balaban J connectivity index is 0.000000319. The fraction of sp³-hybridized carbons (Fsp3) is 0.310. The molecule has 2 N–H and O–H groups in total. The summed E-state index contributed by atoms with van der Waals surface area (Å²) < 4.78 is 17.6. The number of halogens is 3. The molecule has 70 heavy (non-hydrogen) atoms. The largest absolute Gasteiger partial charge is 0.478 e. The molecule has 0 unspecified atom stereocenters. The Kier molecular flexibility index (Phi) is 24.2. The molecule has 0 saturated heterocycles. The SMILES string of the molecule is CC(C)(C)O.CC(C)(C)OC(=O)c1ccccc1-c1ccc(CBr)cc1.CC(C)(C)OC(=O)c1ccccc1Br.Cc1ccc(-c2ccccc2C(=O)OC(C)(C)C)cc1.O=C(O)c1ccccc1Br. The number of carbonyl (C=O) groups is 4. The normalized spacial score (nSPS) is 11.0. The number of benzene rings is 6. The topological polar surface area (TPSA) is 136 Å². The summed E-state index contributed by atoms with van der Waals surface area (Å²) in [6, 6.07) is 45.3. The van der Waals surface area contributed by atoms with Crippen LogP contribution >= 0.6 is 47.8 Å². The molecule has 374 valence electrons. The first-order valence-electron chi connectivity index (χ1n) is 22.4. The number of aryl methyl sites for hydroxylation is 1. The summed E-state index contributed by atoms with van der Waals surface area (Å²) in [4.78, 5) is 46.7. The molecule has 0 saturated carbocycles. The maximum Gasteiger partial charge on any atom is 0.339 e. The Morgan fingerprint density at radius 2 is 0.729 bits per heavy atom. The van der Waals surface area contributed by atoms with Gasteiger partial charge in [0.05, 0.1) is 27.9 Å². The van der Waals surface area contributed by atoms with Gasteiger partial charge in [0.2, 0.25) is 0 Å². The van der Waals surface area contributed by atoms with E-state index in [4.69, 9.17) is 24.4 Å². The maximum atomic E-state index is 12.3. The molecule has 6 aromatic rings. The quantitative estimate of drug-likeness (QED) is 0.0909. The molecule has 0 atom stereocenters. The molecular formula is C58H67Br3O9. The standard InChI is InChI=1S/C18H19BrO2.C18H20O2.C11H13BrO2.C7H5BrO2.C4H10O/c1-18(2,3)21-17(20)16-7-5-4-6-15(16)14-10-8-13(12-19)9-11-14;1-13-9-11-14(12-10-13)15-7-5-6-8-16(15)17(19)20-18(2,3)4;1-11(2,3)14-10(13)8-6-4-5-7-9(8)12;8-6-4-2-1-3-5(6)7(9)10;1-4(2,3)5/h4-11H,12H2,1-3H3;5-12H,1-4H3;4-7H,1-3H3;1-4H,(H,9,10);5H,1-3H3. The van der Waals surface area contributed by atoms with Gasteiger partial charge in [0, 0.05) is 14.3 Å². The van der Waals surface area contributed by atoms with E-state index in [0.29, 0.717) is 26.7 Å². The van der Waals surface area contributed by atoms with Crippen LogP contribution in [0.4, 0.5) is 0 Å². The highest BCUT2D eigenvalue weighted by Gasteiger charge is 2.22. The van der Waals surface area contributed by atoms with E-state index >= 15 is 0 Å². The highest BCUT2D eigenvalue weighted by molar-refractivity contribution is 9.11. The molecule has 0 heterocycles. The van der Waals surface area contributed by atoms with Crippen LogP contribution in [0.15, 0.2) is 155 Å². The lowest BCUT2D eigenvalue weighted by atomic mass is 9.99. The molecule has 0 aliphatic heterocycles. The van der Waals surface area contributed by atoms with Crippen LogP contribution in [-0.4, -0.2) is 56.5 Å². The fourth-order valence-electron chi connectivity index (χ4n) is 5.59. The van der Waals surface area contributed by atoms with E-state index in [-0.39, 0.29) is 17.9 Å². The Hall–Kier alpha value is -5.40. The number of aliphatic hydroxyl groups is 1. The summed E-state index contributed by atoms with van der Waals surface area (Å²) in [5, 5.41) is 17.9. The second kappa shape index (κ2) is 27.8. The number of hydrogen-bond donors (Lipinski definition) is 2. The van der Waals surface area contributed by atoms with Crippen LogP contribution < -0.4 is 0 Å². The molecule has 6 aromatic carbocycles. The summed E-state index contributed by atoms with van der Waals surface area (Å²) in [7, 11) is 0. The molecule has 12 heteroatoms. The predicted molar refractivity (Wildman–Crippen MR) is 294 cm³/mol. The van der Waals surface area contributed by atoms with E-state index in [1.165, 1.54) is 11.1 Å². The van der Waals surface area contributed by atoms with Crippen LogP contribution in [0, 0.1) is 6.92 Å². The van der Waals surface area contributed by atoms with Crippen molar-refractivity contribution < 1.29 is 43.6 Å². The van der Waals surface area contributed by atoms with Crippen LogP contribution in [0.3, 0.4) is 0 Å². The van der Waals surface area contributed by atoms with Gasteiger partial charge in [-0.2, -0.15) is 0 Å². The third-order valence-corrected chi connectivity index (χ3v) is 10.5. The minimum Gasteiger partial charge on any atom is -0.478 e. The number of alkyl halides is 1. The highest BCUT2D eigenvalue weighted by atomic mass is 79.9. The monoisotopic (exact) mass is 1140 g/mol. The zero-order valence-electron chi connectivity index (χ0n) is 42.4. The highest BCUT2D eigenvalue weighted by Crippen LogP contribution is 2.28. The molecule has 0 aliphatic carbocycles. The molecule has 0 spiro atoms. The van der Waals surface area contributed by atoms with E-state index in [0.717, 1.165) is 32.1 Å². The number of ether oxygens (including phenoxy) is 3. The minimum absolute atomic E-state index is 0.284. The summed E-state index contributed by atoms with van der Waals surface area (Å²) in [6.45, 7) is 24.1. The van der Waals surface area contributed by atoms with Gasteiger partial charge in [0.25, 0.3) is 0 Å². The average Bonchev–Trinajstić information content (AvgIpc) is 3.25. The molecule has 0 amide bonds. The Bertz CT molecular complexity index is 2610. The van der Waals surface area contributed by atoms with E-state index in [9.17, 15) is 19.2 Å². The van der Waals surface area contributed by atoms with Gasteiger partial charge in [-0.05, 0) is 186 Å². The molecule has 0 aromatic heterocycles. The van der Waals surface area contributed by atoms with Gasteiger partial charge in [-0.1, -0.05) is 131 Å².